The van der Waals surface area contributed by atoms with Crippen molar-refractivity contribution in [1.82, 2.24) is 9.91 Å². The van der Waals surface area contributed by atoms with Crippen molar-refractivity contribution in [2.24, 2.45) is 10.8 Å². The van der Waals surface area contributed by atoms with Crippen LogP contribution in [0, 0.1) is 0 Å². The highest BCUT2D eigenvalue weighted by molar-refractivity contribution is 5.99. The van der Waals surface area contributed by atoms with E-state index in [0.29, 0.717) is 29.9 Å². The predicted octanol–water partition coefficient (Wildman–Crippen LogP) is 2.70. The van der Waals surface area contributed by atoms with Crippen molar-refractivity contribution >= 4 is 5.84 Å². The van der Waals surface area contributed by atoms with Gasteiger partial charge in [-0.3, -0.25) is 5.01 Å². The van der Waals surface area contributed by atoms with E-state index in [-0.39, 0.29) is 11.9 Å². The second kappa shape index (κ2) is 6.39. The van der Waals surface area contributed by atoms with E-state index < -0.39 is 6.36 Å². The summed E-state index contributed by atoms with van der Waals surface area (Å²) in [5.41, 5.74) is 6.73. The molecule has 0 aromatic heterocycles. The molecule has 0 radical (unpaired) electrons. The number of allylic oxidation sites excluding steroid dienone is 1. The number of nitrogens with two attached hydrogens (primary N) is 1. The van der Waals surface area contributed by atoms with E-state index in [0.717, 1.165) is 0 Å². The van der Waals surface area contributed by atoms with Crippen LogP contribution in [0.1, 0.15) is 18.4 Å². The normalized spacial score (nSPS) is 18.1. The molecular formula is C15H19F3N4O. The van der Waals surface area contributed by atoms with Gasteiger partial charge < -0.3 is 15.4 Å². The van der Waals surface area contributed by atoms with Crippen LogP contribution in [-0.2, 0) is 0 Å². The molecule has 0 amide bonds. The molecule has 23 heavy (non-hydrogen) atoms. The van der Waals surface area contributed by atoms with Crippen LogP contribution in [-0.4, -0.2) is 42.4 Å². The molecule has 0 saturated heterocycles. The van der Waals surface area contributed by atoms with Crippen LogP contribution in [0.4, 0.5) is 13.2 Å². The maximum Gasteiger partial charge on any atom is 0.573 e. The van der Waals surface area contributed by atoms with Crippen LogP contribution in [0.15, 0.2) is 41.6 Å². The highest BCUT2D eigenvalue weighted by atomic mass is 19.4. The average molecular weight is 328 g/mol. The molecule has 2 N–H and O–H groups in total. The number of ether oxygens (including phenoxy) is 1. The van der Waals surface area contributed by atoms with Gasteiger partial charge in [-0.2, -0.15) is 5.10 Å². The van der Waals surface area contributed by atoms with Crippen molar-refractivity contribution in [2.45, 2.75) is 25.4 Å². The van der Waals surface area contributed by atoms with E-state index in [4.69, 9.17) is 5.73 Å². The van der Waals surface area contributed by atoms with Gasteiger partial charge in [0.05, 0.1) is 0 Å². The first kappa shape index (κ1) is 17.0. The fraction of sp³-hybridized carbons (Fsp3) is 0.400. The van der Waals surface area contributed by atoms with E-state index in [1.807, 2.05) is 19.0 Å². The van der Waals surface area contributed by atoms with E-state index >= 15 is 0 Å². The summed E-state index contributed by atoms with van der Waals surface area (Å²) in [6.45, 7) is 3.67. The van der Waals surface area contributed by atoms with Crippen LogP contribution in [0.25, 0.3) is 0 Å². The van der Waals surface area contributed by atoms with E-state index in [9.17, 15) is 13.2 Å². The molecular weight excluding hydrogens is 309 g/mol. The lowest BCUT2D eigenvalue weighted by molar-refractivity contribution is -0.274. The van der Waals surface area contributed by atoms with Gasteiger partial charge in [-0.05, 0) is 25.0 Å². The minimum atomic E-state index is -4.72. The zero-order valence-corrected chi connectivity index (χ0v) is 13.0. The summed E-state index contributed by atoms with van der Waals surface area (Å²) in [6.07, 6.45) is -3.39. The summed E-state index contributed by atoms with van der Waals surface area (Å²) < 4.78 is 41.0. The molecule has 0 saturated carbocycles. The highest BCUT2D eigenvalue weighted by Crippen LogP contribution is 2.26. The standard InChI is InChI=1S/C15H19F3N4O/c1-10(19)7-8-13-21(2)14(20-22(13)3)11-5-4-6-12(9-11)23-15(16,17)18/h4-6,9,13H,1,7-8,19H2,2-3H3. The highest BCUT2D eigenvalue weighted by Gasteiger charge is 2.32. The summed E-state index contributed by atoms with van der Waals surface area (Å²) >= 11 is 0. The fourth-order valence-electron chi connectivity index (χ4n) is 2.47. The SMILES string of the molecule is C=C(N)CCC1N(C)N=C(c2cccc(OC(F)(F)F)c2)N1C. The van der Waals surface area contributed by atoms with Gasteiger partial charge in [-0.25, -0.2) is 0 Å². The Balaban J connectivity index is 2.17. The molecule has 1 unspecified atom stereocenters. The van der Waals surface area contributed by atoms with Gasteiger partial charge in [0.25, 0.3) is 0 Å². The summed E-state index contributed by atoms with van der Waals surface area (Å²) in [6, 6.07) is 5.77. The van der Waals surface area contributed by atoms with Crippen LogP contribution in [0.5, 0.6) is 5.75 Å². The summed E-state index contributed by atoms with van der Waals surface area (Å²) in [5, 5.41) is 6.16. The van der Waals surface area contributed by atoms with Crippen molar-refractivity contribution in [3.8, 4) is 5.75 Å². The topological polar surface area (TPSA) is 54.1 Å². The molecule has 0 fully saturated rings. The lowest BCUT2D eigenvalue weighted by Gasteiger charge is -2.26. The van der Waals surface area contributed by atoms with E-state index in [1.54, 1.807) is 11.1 Å². The Morgan fingerprint density at radius 1 is 1.39 bits per heavy atom. The Labute approximate surface area is 132 Å². The largest absolute Gasteiger partial charge is 0.573 e. The molecule has 1 heterocycles. The first-order chi connectivity index (χ1) is 10.7. The molecule has 1 aromatic rings. The molecule has 1 aliphatic heterocycles. The molecule has 5 nitrogen and oxygen atoms in total. The first-order valence-corrected chi connectivity index (χ1v) is 7.01. The van der Waals surface area contributed by atoms with Gasteiger partial charge >= 0.3 is 6.36 Å². The van der Waals surface area contributed by atoms with Gasteiger partial charge in [-0.1, -0.05) is 18.7 Å². The van der Waals surface area contributed by atoms with E-state index in [2.05, 4.69) is 16.4 Å². The number of amidine groups is 1. The quantitative estimate of drug-likeness (QED) is 0.903. The molecule has 0 aliphatic carbocycles. The number of rotatable bonds is 5. The van der Waals surface area contributed by atoms with Gasteiger partial charge in [0, 0.05) is 25.4 Å². The van der Waals surface area contributed by atoms with Crippen molar-refractivity contribution in [1.29, 1.82) is 0 Å². The number of hydrogen-bond acceptors (Lipinski definition) is 5. The maximum atomic E-state index is 12.3. The third kappa shape index (κ3) is 4.30. The maximum absolute atomic E-state index is 12.3. The summed E-state index contributed by atoms with van der Waals surface area (Å²) in [5.74, 6) is 0.306. The van der Waals surface area contributed by atoms with Crippen LogP contribution in [0.2, 0.25) is 0 Å². The third-order valence-corrected chi connectivity index (χ3v) is 3.51. The average Bonchev–Trinajstić information content (AvgIpc) is 2.70. The molecule has 1 aromatic carbocycles. The summed E-state index contributed by atoms with van der Waals surface area (Å²) in [7, 11) is 3.65. The second-order valence-corrected chi connectivity index (χ2v) is 5.36. The minimum absolute atomic E-state index is 0.0301. The second-order valence-electron chi connectivity index (χ2n) is 5.36. The Morgan fingerprint density at radius 3 is 2.70 bits per heavy atom. The number of alkyl halides is 3. The third-order valence-electron chi connectivity index (χ3n) is 3.51. The summed E-state index contributed by atoms with van der Waals surface area (Å²) in [4.78, 5) is 1.90. The molecule has 1 atom stereocenters. The predicted molar refractivity (Wildman–Crippen MR) is 81.5 cm³/mol. The Morgan fingerprint density at radius 2 is 2.09 bits per heavy atom. The number of nitrogens with zero attached hydrogens (tertiary/aromatic N) is 3. The monoisotopic (exact) mass is 328 g/mol. The molecule has 1 aliphatic rings. The van der Waals surface area contributed by atoms with Crippen molar-refractivity contribution < 1.29 is 17.9 Å². The van der Waals surface area contributed by atoms with Crippen LogP contribution >= 0.6 is 0 Å². The van der Waals surface area contributed by atoms with Gasteiger partial charge in [0.2, 0.25) is 0 Å². The molecule has 2 rings (SSSR count). The number of hydrogen-bond donors (Lipinski definition) is 1. The lowest BCUT2D eigenvalue weighted by atomic mass is 10.1. The smallest absolute Gasteiger partial charge is 0.406 e. The van der Waals surface area contributed by atoms with Crippen LogP contribution in [0.3, 0.4) is 0 Å². The van der Waals surface area contributed by atoms with Crippen LogP contribution < -0.4 is 10.5 Å². The van der Waals surface area contributed by atoms with Gasteiger partial charge in [-0.15, -0.1) is 13.2 Å². The van der Waals surface area contributed by atoms with Gasteiger partial charge in [0.15, 0.2) is 5.84 Å². The van der Waals surface area contributed by atoms with Crippen molar-refractivity contribution in [2.75, 3.05) is 14.1 Å². The fourth-order valence-corrected chi connectivity index (χ4v) is 2.47. The van der Waals surface area contributed by atoms with Crippen molar-refractivity contribution in [3.05, 3.63) is 42.1 Å². The first-order valence-electron chi connectivity index (χ1n) is 7.01. The zero-order valence-electron chi connectivity index (χ0n) is 13.0. The van der Waals surface area contributed by atoms with Crippen molar-refractivity contribution in [3.63, 3.8) is 0 Å². The Hall–Kier alpha value is -2.38. The number of hydrazone groups is 1. The molecule has 126 valence electrons. The van der Waals surface area contributed by atoms with Gasteiger partial charge in [0.1, 0.15) is 11.9 Å². The molecule has 0 bridgehead atoms. The van der Waals surface area contributed by atoms with E-state index in [1.165, 1.54) is 18.2 Å². The number of halogens is 3. The number of benzene rings is 1. The Kier molecular flexibility index (Phi) is 4.72. The lowest BCUT2D eigenvalue weighted by Crippen LogP contribution is -2.38. The Bertz CT molecular complexity index is 615. The molecule has 0 spiro atoms. The zero-order chi connectivity index (χ0) is 17.2. The molecule has 8 heteroatoms. The minimum Gasteiger partial charge on any atom is -0.406 e.